The number of furan rings is 1. The molecule has 1 aromatic heterocycles. The first-order valence-electron chi connectivity index (χ1n) is 10.1. The molecule has 0 aliphatic heterocycles. The number of phenolic OH excluding ortho intramolecular Hbond substituents is 1. The predicted molar refractivity (Wildman–Crippen MR) is 102 cm³/mol. The van der Waals surface area contributed by atoms with Crippen molar-refractivity contribution in [2.75, 3.05) is 6.61 Å². The first-order valence-corrected chi connectivity index (χ1v) is 10.1. The predicted octanol–water partition coefficient (Wildman–Crippen LogP) is 3.31. The topological polar surface area (TPSA) is 88.8 Å². The Morgan fingerprint density at radius 3 is 2.50 bits per heavy atom. The molecule has 1 aromatic carbocycles. The Morgan fingerprint density at radius 2 is 1.82 bits per heavy atom. The molecule has 0 atom stereocenters. The smallest absolute Gasteiger partial charge is 0.310 e. The van der Waals surface area contributed by atoms with Crippen molar-refractivity contribution in [2.45, 2.75) is 50.5 Å². The van der Waals surface area contributed by atoms with Gasteiger partial charge in [-0.2, -0.15) is 0 Å². The molecular formula is C22H25NO5. The van der Waals surface area contributed by atoms with Crippen molar-refractivity contribution in [1.29, 1.82) is 0 Å². The second kappa shape index (κ2) is 6.54. The summed E-state index contributed by atoms with van der Waals surface area (Å²) in [6.07, 6.45) is 8.70. The number of ether oxygens (including phenoxy) is 1. The number of hydrogen-bond acceptors (Lipinski definition) is 5. The van der Waals surface area contributed by atoms with E-state index in [-0.39, 0.29) is 30.2 Å². The van der Waals surface area contributed by atoms with E-state index in [4.69, 9.17) is 9.15 Å². The molecule has 1 heterocycles. The Bertz CT molecular complexity index is 895. The number of amides is 1. The maximum absolute atomic E-state index is 12.4. The van der Waals surface area contributed by atoms with Crippen LogP contribution in [0.3, 0.4) is 0 Å². The average molecular weight is 383 g/mol. The van der Waals surface area contributed by atoms with Gasteiger partial charge in [0.15, 0.2) is 6.61 Å². The van der Waals surface area contributed by atoms with Crippen molar-refractivity contribution in [3.63, 3.8) is 0 Å². The summed E-state index contributed by atoms with van der Waals surface area (Å²) in [5.74, 6) is 1.71. The lowest BCUT2D eigenvalue weighted by Gasteiger charge is -2.56. The van der Waals surface area contributed by atoms with E-state index in [9.17, 15) is 14.7 Å². The molecule has 148 valence electrons. The van der Waals surface area contributed by atoms with Crippen LogP contribution in [0.25, 0.3) is 11.0 Å². The number of hydrogen-bond donors (Lipinski definition) is 2. The number of phenols is 1. The molecule has 4 bridgehead atoms. The van der Waals surface area contributed by atoms with Gasteiger partial charge in [-0.1, -0.05) is 0 Å². The molecule has 2 N–H and O–H groups in total. The van der Waals surface area contributed by atoms with Crippen molar-refractivity contribution in [3.8, 4) is 5.75 Å². The summed E-state index contributed by atoms with van der Waals surface area (Å²) in [7, 11) is 0. The first kappa shape index (κ1) is 17.6. The molecule has 4 aliphatic rings. The second-order valence-electron chi connectivity index (χ2n) is 9.02. The third kappa shape index (κ3) is 3.25. The van der Waals surface area contributed by atoms with Gasteiger partial charge in [-0.25, -0.2) is 0 Å². The van der Waals surface area contributed by atoms with E-state index in [1.807, 2.05) is 0 Å². The average Bonchev–Trinajstić information content (AvgIpc) is 3.00. The minimum Gasteiger partial charge on any atom is -0.508 e. The highest BCUT2D eigenvalue weighted by molar-refractivity contribution is 5.87. The lowest BCUT2D eigenvalue weighted by molar-refractivity contribution is -0.149. The van der Waals surface area contributed by atoms with Crippen LogP contribution in [0, 0.1) is 17.8 Å². The summed E-state index contributed by atoms with van der Waals surface area (Å²) in [6, 6.07) is 4.76. The molecule has 4 aliphatic carbocycles. The van der Waals surface area contributed by atoms with Crippen molar-refractivity contribution in [1.82, 2.24) is 5.32 Å². The van der Waals surface area contributed by atoms with Crippen molar-refractivity contribution < 1.29 is 23.8 Å². The Morgan fingerprint density at radius 1 is 1.14 bits per heavy atom. The van der Waals surface area contributed by atoms with Crippen LogP contribution < -0.4 is 5.32 Å². The highest BCUT2D eigenvalue weighted by atomic mass is 16.5. The first-order chi connectivity index (χ1) is 13.5. The van der Waals surface area contributed by atoms with Crippen LogP contribution in [0.1, 0.15) is 44.1 Å². The highest BCUT2D eigenvalue weighted by Gasteiger charge is 2.51. The number of carbonyl (C=O) groups excluding carboxylic acids is 2. The molecule has 28 heavy (non-hydrogen) atoms. The highest BCUT2D eigenvalue weighted by Crippen LogP contribution is 2.55. The fourth-order valence-electron chi connectivity index (χ4n) is 6.16. The monoisotopic (exact) mass is 383 g/mol. The molecule has 0 saturated heterocycles. The molecule has 0 unspecified atom stereocenters. The number of nitrogens with one attached hydrogen (secondary N) is 1. The number of carbonyl (C=O) groups is 2. The minimum atomic E-state index is -0.462. The van der Waals surface area contributed by atoms with Gasteiger partial charge in [0, 0.05) is 22.6 Å². The fraction of sp³-hybridized carbons (Fsp3) is 0.545. The largest absolute Gasteiger partial charge is 0.508 e. The van der Waals surface area contributed by atoms with Gasteiger partial charge in [-0.05, 0) is 68.4 Å². The summed E-state index contributed by atoms with van der Waals surface area (Å²) in [5.41, 5.74) is 1.13. The molecule has 1 amide bonds. The zero-order valence-corrected chi connectivity index (χ0v) is 15.8. The summed E-state index contributed by atoms with van der Waals surface area (Å²) in [4.78, 5) is 24.6. The minimum absolute atomic E-state index is 0.0302. The normalized spacial score (nSPS) is 30.5. The Kier molecular flexibility index (Phi) is 4.11. The number of fused-ring (bicyclic) bond motifs is 1. The van der Waals surface area contributed by atoms with Crippen molar-refractivity contribution in [3.05, 3.63) is 30.0 Å². The van der Waals surface area contributed by atoms with E-state index in [0.29, 0.717) is 11.1 Å². The SMILES string of the molecule is O=C(COC(=O)Cc1coc2cc(O)ccc12)NC12CC3CC(CC(C3)C1)C2. The van der Waals surface area contributed by atoms with Crippen LogP contribution in [0.5, 0.6) is 5.75 Å². The molecule has 6 rings (SSSR count). The van der Waals surface area contributed by atoms with E-state index in [1.54, 1.807) is 12.1 Å². The molecule has 2 aromatic rings. The van der Waals surface area contributed by atoms with Crippen molar-refractivity contribution in [2.24, 2.45) is 17.8 Å². The van der Waals surface area contributed by atoms with Gasteiger partial charge in [0.1, 0.15) is 11.3 Å². The van der Waals surface area contributed by atoms with Crippen LogP contribution in [0.4, 0.5) is 0 Å². The summed E-state index contributed by atoms with van der Waals surface area (Å²) >= 11 is 0. The van der Waals surface area contributed by atoms with Crippen LogP contribution in [0.15, 0.2) is 28.9 Å². The number of aromatic hydroxyl groups is 1. The van der Waals surface area contributed by atoms with E-state index in [0.717, 1.165) is 42.4 Å². The third-order valence-corrected chi connectivity index (χ3v) is 6.78. The van der Waals surface area contributed by atoms with E-state index >= 15 is 0 Å². The lowest BCUT2D eigenvalue weighted by atomic mass is 9.53. The molecule has 6 heteroatoms. The summed E-state index contributed by atoms with van der Waals surface area (Å²) in [5, 5.41) is 13.5. The molecule has 6 nitrogen and oxygen atoms in total. The zero-order chi connectivity index (χ0) is 19.3. The Hall–Kier alpha value is -2.50. The van der Waals surface area contributed by atoms with Gasteiger partial charge in [-0.3, -0.25) is 9.59 Å². The van der Waals surface area contributed by atoms with Crippen LogP contribution in [-0.2, 0) is 20.7 Å². The van der Waals surface area contributed by atoms with E-state index in [1.165, 1.54) is 31.6 Å². The Balaban J connectivity index is 1.16. The van der Waals surface area contributed by atoms with Gasteiger partial charge in [-0.15, -0.1) is 0 Å². The van der Waals surface area contributed by atoms with Crippen molar-refractivity contribution >= 4 is 22.8 Å². The maximum Gasteiger partial charge on any atom is 0.310 e. The van der Waals surface area contributed by atoms with Crippen LogP contribution in [-0.4, -0.2) is 29.1 Å². The molecular weight excluding hydrogens is 358 g/mol. The molecule has 4 fully saturated rings. The summed E-state index contributed by atoms with van der Waals surface area (Å²) < 4.78 is 10.6. The van der Waals surface area contributed by atoms with Crippen LogP contribution in [0.2, 0.25) is 0 Å². The maximum atomic E-state index is 12.4. The van der Waals surface area contributed by atoms with E-state index < -0.39 is 5.97 Å². The molecule has 0 spiro atoms. The quantitative estimate of drug-likeness (QED) is 0.774. The number of benzene rings is 1. The summed E-state index contributed by atoms with van der Waals surface area (Å²) in [6.45, 7) is -0.239. The Labute approximate surface area is 163 Å². The fourth-order valence-corrected chi connectivity index (χ4v) is 6.16. The van der Waals surface area contributed by atoms with Gasteiger partial charge < -0.3 is 19.6 Å². The van der Waals surface area contributed by atoms with Gasteiger partial charge in [0.05, 0.1) is 12.7 Å². The lowest BCUT2D eigenvalue weighted by Crippen LogP contribution is -2.60. The third-order valence-electron chi connectivity index (χ3n) is 6.78. The zero-order valence-electron chi connectivity index (χ0n) is 15.8. The number of esters is 1. The van der Waals surface area contributed by atoms with Gasteiger partial charge >= 0.3 is 5.97 Å². The van der Waals surface area contributed by atoms with E-state index in [2.05, 4.69) is 5.32 Å². The second-order valence-corrected chi connectivity index (χ2v) is 9.02. The van der Waals surface area contributed by atoms with Gasteiger partial charge in [0.2, 0.25) is 0 Å². The number of rotatable bonds is 5. The standard InChI is InChI=1S/C22H25NO5/c24-17-1-2-18-16(11-27-19(18)7-17)6-21(26)28-12-20(25)23-22-8-13-3-14(9-22)5-15(4-13)10-22/h1-2,7,11,13-15,24H,3-6,8-10,12H2,(H,23,25). The van der Waals surface area contributed by atoms with Crippen LogP contribution >= 0.6 is 0 Å². The molecule has 0 radical (unpaired) electrons. The molecule has 4 saturated carbocycles. The van der Waals surface area contributed by atoms with Gasteiger partial charge in [0.25, 0.3) is 5.91 Å².